The van der Waals surface area contributed by atoms with Gasteiger partial charge in [0, 0.05) is 5.69 Å². The van der Waals surface area contributed by atoms with E-state index in [1.165, 1.54) is 0 Å². The molecule has 0 aliphatic carbocycles. The zero-order chi connectivity index (χ0) is 12.9. The summed E-state index contributed by atoms with van der Waals surface area (Å²) < 4.78 is 7.41. The van der Waals surface area contributed by atoms with Crippen LogP contribution in [0.1, 0.15) is 12.8 Å². The highest BCUT2D eigenvalue weighted by atomic mass is 16.5. The van der Waals surface area contributed by atoms with E-state index >= 15 is 0 Å². The minimum absolute atomic E-state index is 0.253. The van der Waals surface area contributed by atoms with Gasteiger partial charge in [-0.1, -0.05) is 6.07 Å². The van der Waals surface area contributed by atoms with Crippen molar-refractivity contribution in [3.05, 3.63) is 49.3 Å². The van der Waals surface area contributed by atoms with Gasteiger partial charge in [-0.25, -0.2) is 0 Å². The number of rotatable bonds is 4. The van der Waals surface area contributed by atoms with Crippen LogP contribution >= 0.6 is 0 Å². The van der Waals surface area contributed by atoms with Gasteiger partial charge in [-0.2, -0.15) is 0 Å². The van der Waals surface area contributed by atoms with Gasteiger partial charge in [0.25, 0.3) is 0 Å². The van der Waals surface area contributed by atoms with Crippen molar-refractivity contribution < 1.29 is 4.74 Å². The van der Waals surface area contributed by atoms with Gasteiger partial charge in [-0.05, 0) is 37.1 Å². The molecule has 0 fully saturated rings. The second-order valence-electron chi connectivity index (χ2n) is 4.51. The number of hydrogen-bond donors (Lipinski definition) is 1. The van der Waals surface area contributed by atoms with Crippen molar-refractivity contribution in [1.82, 2.24) is 14.8 Å². The lowest BCUT2D eigenvalue weighted by molar-refractivity contribution is 0.135. The van der Waals surface area contributed by atoms with Crippen LogP contribution in [0.5, 0.6) is 0 Å². The minimum Gasteiger partial charge on any atom is -0.497 e. The summed E-state index contributed by atoms with van der Waals surface area (Å²) in [6, 6.07) is 8.15. The molecule has 1 atom stereocenters. The average molecular weight is 256 g/mol. The number of allylic oxidation sites excluding steroid dienone is 1. The summed E-state index contributed by atoms with van der Waals surface area (Å²) in [4.78, 5) is 0. The molecule has 1 aliphatic heterocycles. The summed E-state index contributed by atoms with van der Waals surface area (Å²) >= 11 is 0. The molecule has 0 amide bonds. The van der Waals surface area contributed by atoms with E-state index in [2.05, 4.69) is 27.7 Å². The van der Waals surface area contributed by atoms with Crippen LogP contribution in [0.2, 0.25) is 0 Å². The van der Waals surface area contributed by atoms with Crippen LogP contribution < -0.4 is 5.32 Å². The maximum absolute atomic E-state index is 5.53. The van der Waals surface area contributed by atoms with E-state index in [1.54, 1.807) is 18.9 Å². The molecular formula is C14H16N4O. The second kappa shape index (κ2) is 5.56. The van der Waals surface area contributed by atoms with E-state index in [4.69, 9.17) is 4.74 Å². The van der Waals surface area contributed by atoms with E-state index in [0.717, 1.165) is 30.8 Å². The molecule has 0 saturated heterocycles. The van der Waals surface area contributed by atoms with Crippen LogP contribution in [0, 0.1) is 0 Å². The lowest BCUT2D eigenvalue weighted by atomic mass is 10.1. The van der Waals surface area contributed by atoms with Gasteiger partial charge in [0.1, 0.15) is 18.8 Å². The third-order valence-electron chi connectivity index (χ3n) is 3.12. The fraction of sp³-hybridized carbons (Fsp3) is 0.286. The van der Waals surface area contributed by atoms with Crippen molar-refractivity contribution in [3.63, 3.8) is 0 Å². The van der Waals surface area contributed by atoms with Crippen molar-refractivity contribution in [2.24, 2.45) is 0 Å². The van der Waals surface area contributed by atoms with Crippen LogP contribution in [0.4, 0.5) is 5.69 Å². The summed E-state index contributed by atoms with van der Waals surface area (Å²) in [5.74, 6) is 0. The monoisotopic (exact) mass is 256 g/mol. The fourth-order valence-corrected chi connectivity index (χ4v) is 2.08. The number of hydrogen-bond acceptors (Lipinski definition) is 4. The number of aromatic nitrogens is 3. The lowest BCUT2D eigenvalue weighted by Gasteiger charge is -2.20. The summed E-state index contributed by atoms with van der Waals surface area (Å²) in [6.07, 6.45) is 9.64. The summed E-state index contributed by atoms with van der Waals surface area (Å²) in [5.41, 5.74) is 2.11. The Morgan fingerprint density at radius 2 is 2.21 bits per heavy atom. The molecule has 1 aromatic carbocycles. The van der Waals surface area contributed by atoms with Gasteiger partial charge in [0.2, 0.25) is 0 Å². The Kier molecular flexibility index (Phi) is 3.45. The fourth-order valence-electron chi connectivity index (χ4n) is 2.08. The molecule has 0 spiro atoms. The largest absolute Gasteiger partial charge is 0.497 e. The van der Waals surface area contributed by atoms with E-state index < -0.39 is 0 Å². The van der Waals surface area contributed by atoms with Crippen LogP contribution in [-0.2, 0) is 4.74 Å². The van der Waals surface area contributed by atoms with E-state index in [-0.39, 0.29) is 6.10 Å². The average Bonchev–Trinajstić information content (AvgIpc) is 3.01. The van der Waals surface area contributed by atoms with Crippen LogP contribution in [-0.4, -0.2) is 27.4 Å². The van der Waals surface area contributed by atoms with Crippen molar-refractivity contribution >= 4 is 5.69 Å². The molecule has 1 unspecified atom stereocenters. The smallest absolute Gasteiger partial charge is 0.123 e. The molecule has 0 bridgehead atoms. The highest BCUT2D eigenvalue weighted by Gasteiger charge is 2.10. The van der Waals surface area contributed by atoms with E-state index in [0.29, 0.717) is 0 Å². The molecule has 1 N–H and O–H groups in total. The molecule has 0 saturated carbocycles. The van der Waals surface area contributed by atoms with Gasteiger partial charge in [0.05, 0.1) is 18.5 Å². The highest BCUT2D eigenvalue weighted by molar-refractivity contribution is 5.51. The quantitative estimate of drug-likeness (QED) is 0.912. The maximum atomic E-state index is 5.53. The Labute approximate surface area is 111 Å². The molecule has 19 heavy (non-hydrogen) atoms. The van der Waals surface area contributed by atoms with Gasteiger partial charge in [-0.3, -0.25) is 4.57 Å². The molecule has 5 heteroatoms. The van der Waals surface area contributed by atoms with Crippen LogP contribution in [0.25, 0.3) is 5.69 Å². The predicted molar refractivity (Wildman–Crippen MR) is 73.1 cm³/mol. The first-order valence-corrected chi connectivity index (χ1v) is 6.41. The summed E-state index contributed by atoms with van der Waals surface area (Å²) in [6.45, 7) is 0.815. The third kappa shape index (κ3) is 2.93. The molecule has 2 aromatic rings. The van der Waals surface area contributed by atoms with Crippen molar-refractivity contribution in [1.29, 1.82) is 0 Å². The first-order valence-electron chi connectivity index (χ1n) is 6.41. The van der Waals surface area contributed by atoms with Crippen LogP contribution in [0.15, 0.2) is 49.3 Å². The topological polar surface area (TPSA) is 52.0 Å². The standard InChI is InChI=1S/C14H16N4O/c1-2-7-19-14(6-1)9-15-12-4-3-5-13(8-12)18-10-16-17-11-18/h2-5,7-8,10-11,14-15H,1,6,9H2. The SMILES string of the molecule is C1=COC(CNc2cccc(-n3cnnc3)c2)CC1. The lowest BCUT2D eigenvalue weighted by Crippen LogP contribution is -2.22. The molecule has 5 nitrogen and oxygen atoms in total. The number of anilines is 1. The van der Waals surface area contributed by atoms with Gasteiger partial charge < -0.3 is 10.1 Å². The van der Waals surface area contributed by atoms with Crippen molar-refractivity contribution in [2.45, 2.75) is 18.9 Å². The van der Waals surface area contributed by atoms with Crippen LogP contribution in [0.3, 0.4) is 0 Å². The molecule has 98 valence electrons. The van der Waals surface area contributed by atoms with Gasteiger partial charge in [-0.15, -0.1) is 10.2 Å². The maximum Gasteiger partial charge on any atom is 0.123 e. The highest BCUT2D eigenvalue weighted by Crippen LogP contribution is 2.16. The Morgan fingerprint density at radius 3 is 3.00 bits per heavy atom. The van der Waals surface area contributed by atoms with Gasteiger partial charge in [0.15, 0.2) is 0 Å². The zero-order valence-electron chi connectivity index (χ0n) is 10.6. The number of ether oxygens (including phenoxy) is 1. The molecule has 3 rings (SSSR count). The van der Waals surface area contributed by atoms with Crippen molar-refractivity contribution in [3.8, 4) is 5.69 Å². The minimum atomic E-state index is 0.253. The van der Waals surface area contributed by atoms with E-state index in [1.807, 2.05) is 22.8 Å². The number of nitrogens with zero attached hydrogens (tertiary/aromatic N) is 3. The van der Waals surface area contributed by atoms with E-state index in [9.17, 15) is 0 Å². The first kappa shape index (κ1) is 11.8. The number of benzene rings is 1. The molecule has 0 radical (unpaired) electrons. The zero-order valence-corrected chi connectivity index (χ0v) is 10.6. The molecular weight excluding hydrogens is 240 g/mol. The Hall–Kier alpha value is -2.30. The predicted octanol–water partition coefficient (Wildman–Crippen LogP) is 2.37. The molecule has 1 aromatic heterocycles. The first-order chi connectivity index (χ1) is 9.42. The Morgan fingerprint density at radius 1 is 1.32 bits per heavy atom. The molecule has 1 aliphatic rings. The summed E-state index contributed by atoms with van der Waals surface area (Å²) in [5, 5.41) is 11.0. The third-order valence-corrected chi connectivity index (χ3v) is 3.12. The number of nitrogens with one attached hydrogen (secondary N) is 1. The Balaban J connectivity index is 1.65. The summed E-state index contributed by atoms with van der Waals surface area (Å²) in [7, 11) is 0. The van der Waals surface area contributed by atoms with Crippen molar-refractivity contribution in [2.75, 3.05) is 11.9 Å². The second-order valence-corrected chi connectivity index (χ2v) is 4.51. The normalized spacial score (nSPS) is 18.0. The Bertz CT molecular complexity index is 550. The van der Waals surface area contributed by atoms with Gasteiger partial charge >= 0.3 is 0 Å². The molecule has 2 heterocycles.